The van der Waals surface area contributed by atoms with Gasteiger partial charge in [0.05, 0.1) is 0 Å². The Hall–Kier alpha value is -1.85. The quantitative estimate of drug-likeness (QED) is 0.605. The van der Waals surface area contributed by atoms with E-state index in [-0.39, 0.29) is 6.61 Å². The highest BCUT2D eigenvalue weighted by atomic mass is 35.5. The summed E-state index contributed by atoms with van der Waals surface area (Å²) < 4.78 is 0. The number of hydroxylamine groups is 1. The highest BCUT2D eigenvalue weighted by molar-refractivity contribution is 6.30. The zero-order valence-corrected chi connectivity index (χ0v) is 9.61. The lowest BCUT2D eigenvalue weighted by Gasteiger charge is -1.99. The zero-order valence-electron chi connectivity index (χ0n) is 8.85. The van der Waals surface area contributed by atoms with Crippen molar-refractivity contribution in [1.82, 2.24) is 5.48 Å². The second-order valence-corrected chi connectivity index (χ2v) is 3.55. The van der Waals surface area contributed by atoms with Crippen LogP contribution in [0, 0.1) is 0 Å². The van der Waals surface area contributed by atoms with E-state index < -0.39 is 11.8 Å². The smallest absolute Gasteiger partial charge is 0.267 e. The van der Waals surface area contributed by atoms with Crippen molar-refractivity contribution in [2.75, 3.05) is 6.61 Å². The van der Waals surface area contributed by atoms with Gasteiger partial charge in [-0.3, -0.25) is 14.4 Å². The lowest BCUT2D eigenvalue weighted by Crippen LogP contribution is -2.28. The highest BCUT2D eigenvalue weighted by Gasteiger charge is 1.97. The standard InChI is InChI=1S/C11H11ClN2O3/c12-9-3-1-2-8(6-9)4-5-11(16)14-17-7-10(13)15/h1-6H,7H2,(H2,13,15)(H,14,16)/b5-4+. The summed E-state index contributed by atoms with van der Waals surface area (Å²) in [7, 11) is 0. The summed E-state index contributed by atoms with van der Waals surface area (Å²) in [5, 5.41) is 0.581. The minimum absolute atomic E-state index is 0.364. The Bertz CT molecular complexity index is 446. The molecular formula is C11H11ClN2O3. The predicted octanol–water partition coefficient (Wildman–Crippen LogP) is 0.886. The predicted molar refractivity (Wildman–Crippen MR) is 63.8 cm³/mol. The van der Waals surface area contributed by atoms with Gasteiger partial charge in [-0.1, -0.05) is 23.7 Å². The highest BCUT2D eigenvalue weighted by Crippen LogP contribution is 2.11. The number of nitrogens with one attached hydrogen (secondary N) is 1. The van der Waals surface area contributed by atoms with E-state index in [9.17, 15) is 9.59 Å². The van der Waals surface area contributed by atoms with Gasteiger partial charge in [0.15, 0.2) is 6.61 Å². The van der Waals surface area contributed by atoms with Crippen molar-refractivity contribution in [3.8, 4) is 0 Å². The van der Waals surface area contributed by atoms with Crippen LogP contribution in [0.4, 0.5) is 0 Å². The second kappa shape index (κ2) is 6.67. The van der Waals surface area contributed by atoms with Crippen LogP contribution in [0.5, 0.6) is 0 Å². The molecule has 0 unspecified atom stereocenters. The van der Waals surface area contributed by atoms with Crippen LogP contribution in [0.15, 0.2) is 30.3 Å². The molecule has 6 heteroatoms. The first-order chi connectivity index (χ1) is 8.08. The Morgan fingerprint density at radius 3 is 2.88 bits per heavy atom. The van der Waals surface area contributed by atoms with Crippen LogP contribution in [0.25, 0.3) is 6.08 Å². The molecule has 1 rings (SSSR count). The lowest BCUT2D eigenvalue weighted by atomic mass is 10.2. The first-order valence-electron chi connectivity index (χ1n) is 4.71. The minimum Gasteiger partial charge on any atom is -0.368 e. The average molecular weight is 255 g/mol. The maximum atomic E-state index is 11.2. The second-order valence-electron chi connectivity index (χ2n) is 3.11. The average Bonchev–Trinajstić information content (AvgIpc) is 2.26. The number of benzene rings is 1. The van der Waals surface area contributed by atoms with E-state index in [4.69, 9.17) is 17.3 Å². The molecule has 1 aromatic carbocycles. The summed E-state index contributed by atoms with van der Waals surface area (Å²) in [5.74, 6) is -1.16. The van der Waals surface area contributed by atoms with E-state index in [2.05, 4.69) is 4.84 Å². The first-order valence-corrected chi connectivity index (χ1v) is 5.09. The largest absolute Gasteiger partial charge is 0.368 e. The summed E-state index contributed by atoms with van der Waals surface area (Å²) >= 11 is 5.77. The van der Waals surface area contributed by atoms with Crippen LogP contribution in [0.1, 0.15) is 5.56 Å². The number of carbonyl (C=O) groups is 2. The lowest BCUT2D eigenvalue weighted by molar-refractivity contribution is -0.134. The summed E-state index contributed by atoms with van der Waals surface area (Å²) in [5.41, 5.74) is 7.63. The molecule has 0 bridgehead atoms. The van der Waals surface area contributed by atoms with E-state index in [1.54, 1.807) is 30.3 Å². The first kappa shape index (κ1) is 13.2. The molecule has 0 atom stereocenters. The van der Waals surface area contributed by atoms with Gasteiger partial charge >= 0.3 is 0 Å². The number of primary amides is 1. The molecule has 0 heterocycles. The minimum atomic E-state index is -0.663. The summed E-state index contributed by atoms with van der Waals surface area (Å²) in [6.45, 7) is -0.364. The number of hydrogen-bond acceptors (Lipinski definition) is 3. The van der Waals surface area contributed by atoms with Crippen LogP contribution in [0.3, 0.4) is 0 Å². The van der Waals surface area contributed by atoms with Crippen molar-refractivity contribution < 1.29 is 14.4 Å². The molecule has 3 N–H and O–H groups in total. The Morgan fingerprint density at radius 1 is 1.47 bits per heavy atom. The van der Waals surface area contributed by atoms with Gasteiger partial charge < -0.3 is 5.73 Å². The van der Waals surface area contributed by atoms with Crippen LogP contribution in [0.2, 0.25) is 5.02 Å². The molecule has 17 heavy (non-hydrogen) atoms. The van der Waals surface area contributed by atoms with Gasteiger partial charge in [-0.25, -0.2) is 5.48 Å². The van der Waals surface area contributed by atoms with Crippen LogP contribution < -0.4 is 11.2 Å². The molecule has 0 aliphatic carbocycles. The zero-order chi connectivity index (χ0) is 12.7. The summed E-state index contributed by atoms with van der Waals surface area (Å²) in [4.78, 5) is 26.0. The fourth-order valence-electron chi connectivity index (χ4n) is 0.995. The molecule has 0 aliphatic heterocycles. The van der Waals surface area contributed by atoms with Crippen molar-refractivity contribution in [2.24, 2.45) is 5.73 Å². The van der Waals surface area contributed by atoms with Crippen molar-refractivity contribution in [3.63, 3.8) is 0 Å². The molecule has 0 radical (unpaired) electrons. The van der Waals surface area contributed by atoms with Crippen LogP contribution >= 0.6 is 11.6 Å². The molecule has 0 spiro atoms. The monoisotopic (exact) mass is 254 g/mol. The molecule has 90 valence electrons. The number of rotatable bonds is 5. The Kier molecular flexibility index (Phi) is 5.19. The fourth-order valence-corrected chi connectivity index (χ4v) is 1.19. The van der Waals surface area contributed by atoms with E-state index in [0.29, 0.717) is 5.02 Å². The van der Waals surface area contributed by atoms with Gasteiger partial charge in [-0.2, -0.15) is 0 Å². The Morgan fingerprint density at radius 2 is 2.24 bits per heavy atom. The Balaban J connectivity index is 2.43. The van der Waals surface area contributed by atoms with Gasteiger partial charge in [-0.15, -0.1) is 0 Å². The van der Waals surface area contributed by atoms with Gasteiger partial charge in [0.25, 0.3) is 5.91 Å². The van der Waals surface area contributed by atoms with Gasteiger partial charge in [0.1, 0.15) is 0 Å². The Labute approximate surface area is 103 Å². The topological polar surface area (TPSA) is 81.4 Å². The molecule has 5 nitrogen and oxygen atoms in total. The van der Waals surface area contributed by atoms with Crippen molar-refractivity contribution in [2.45, 2.75) is 0 Å². The van der Waals surface area contributed by atoms with Gasteiger partial charge in [-0.05, 0) is 23.8 Å². The summed E-state index contributed by atoms with van der Waals surface area (Å²) in [6.07, 6.45) is 2.82. The van der Waals surface area contributed by atoms with E-state index in [1.807, 2.05) is 5.48 Å². The molecule has 0 aliphatic rings. The molecular weight excluding hydrogens is 244 g/mol. The van der Waals surface area contributed by atoms with Crippen molar-refractivity contribution in [1.29, 1.82) is 0 Å². The van der Waals surface area contributed by atoms with Crippen LogP contribution in [-0.2, 0) is 14.4 Å². The summed E-state index contributed by atoms with van der Waals surface area (Å²) in [6, 6.07) is 6.99. The maximum absolute atomic E-state index is 11.2. The molecule has 0 fully saturated rings. The normalized spacial score (nSPS) is 10.4. The molecule has 2 amide bonds. The third-order valence-electron chi connectivity index (χ3n) is 1.66. The maximum Gasteiger partial charge on any atom is 0.267 e. The van der Waals surface area contributed by atoms with Gasteiger partial charge in [0.2, 0.25) is 5.91 Å². The van der Waals surface area contributed by atoms with E-state index >= 15 is 0 Å². The van der Waals surface area contributed by atoms with E-state index in [1.165, 1.54) is 6.08 Å². The number of halogens is 1. The number of amides is 2. The molecule has 0 saturated heterocycles. The fraction of sp³-hybridized carbons (Fsp3) is 0.0909. The van der Waals surface area contributed by atoms with Gasteiger partial charge in [0, 0.05) is 11.1 Å². The third-order valence-corrected chi connectivity index (χ3v) is 1.90. The molecule has 0 saturated carbocycles. The number of carbonyl (C=O) groups excluding carboxylic acids is 2. The number of hydrogen-bond donors (Lipinski definition) is 2. The third kappa shape index (κ3) is 5.70. The van der Waals surface area contributed by atoms with Crippen molar-refractivity contribution in [3.05, 3.63) is 40.9 Å². The van der Waals surface area contributed by atoms with Crippen molar-refractivity contribution >= 4 is 29.5 Å². The van der Waals surface area contributed by atoms with Crippen LogP contribution in [-0.4, -0.2) is 18.4 Å². The number of nitrogens with two attached hydrogens (primary N) is 1. The SMILES string of the molecule is NC(=O)CONC(=O)/C=C/c1cccc(Cl)c1. The van der Waals surface area contributed by atoms with E-state index in [0.717, 1.165) is 5.56 Å². The molecule has 1 aromatic rings. The molecule has 0 aromatic heterocycles.